The maximum Gasteiger partial charge on any atom is 0.305 e. The predicted octanol–water partition coefficient (Wildman–Crippen LogP) is 1.70. The molecule has 0 spiro atoms. The Balaban J connectivity index is 2.83. The lowest BCUT2D eigenvalue weighted by molar-refractivity contribution is -0.140. The van der Waals surface area contributed by atoms with Crippen molar-refractivity contribution in [2.45, 2.75) is 18.8 Å². The quantitative estimate of drug-likeness (QED) is 0.761. The molecule has 19 heavy (non-hydrogen) atoms. The zero-order valence-electron chi connectivity index (χ0n) is 11.6. The Morgan fingerprint density at radius 2 is 1.89 bits per heavy atom. The van der Waals surface area contributed by atoms with E-state index in [9.17, 15) is 4.79 Å². The van der Waals surface area contributed by atoms with E-state index in [-0.39, 0.29) is 11.9 Å². The van der Waals surface area contributed by atoms with Crippen molar-refractivity contribution in [1.29, 1.82) is 0 Å². The molecule has 106 valence electrons. The minimum Gasteiger partial charge on any atom is -0.493 e. The Morgan fingerprint density at radius 3 is 2.42 bits per heavy atom. The number of ether oxygens (including phenoxy) is 3. The lowest BCUT2D eigenvalue weighted by atomic mass is 9.94. The van der Waals surface area contributed by atoms with Gasteiger partial charge in [-0.3, -0.25) is 4.79 Å². The van der Waals surface area contributed by atoms with Gasteiger partial charge in [-0.1, -0.05) is 6.07 Å². The van der Waals surface area contributed by atoms with Gasteiger partial charge in [0.25, 0.3) is 0 Å². The minimum atomic E-state index is -0.223. The van der Waals surface area contributed by atoms with Gasteiger partial charge < -0.3 is 19.9 Å². The van der Waals surface area contributed by atoms with Crippen LogP contribution < -0.4 is 15.2 Å². The highest BCUT2D eigenvalue weighted by atomic mass is 16.5. The van der Waals surface area contributed by atoms with E-state index in [0.717, 1.165) is 5.56 Å². The molecule has 0 bridgehead atoms. The smallest absolute Gasteiger partial charge is 0.305 e. The Labute approximate surface area is 113 Å². The van der Waals surface area contributed by atoms with Crippen LogP contribution >= 0.6 is 0 Å². The first kappa shape index (κ1) is 15.3. The van der Waals surface area contributed by atoms with Crippen LogP contribution in [0.25, 0.3) is 0 Å². The van der Waals surface area contributed by atoms with Crippen molar-refractivity contribution in [2.24, 2.45) is 5.73 Å². The second-order valence-corrected chi connectivity index (χ2v) is 4.16. The molecule has 0 aliphatic heterocycles. The molecule has 5 heteroatoms. The van der Waals surface area contributed by atoms with E-state index >= 15 is 0 Å². The van der Waals surface area contributed by atoms with Gasteiger partial charge in [-0.15, -0.1) is 0 Å². The Morgan fingerprint density at radius 1 is 1.21 bits per heavy atom. The molecule has 2 N–H and O–H groups in total. The highest BCUT2D eigenvalue weighted by molar-refractivity contribution is 5.69. The zero-order chi connectivity index (χ0) is 14.3. The first-order valence-electron chi connectivity index (χ1n) is 6.15. The van der Waals surface area contributed by atoms with E-state index in [0.29, 0.717) is 30.9 Å². The van der Waals surface area contributed by atoms with Crippen LogP contribution in [0.15, 0.2) is 18.2 Å². The lowest BCUT2D eigenvalue weighted by Crippen LogP contribution is -2.14. The van der Waals surface area contributed by atoms with Gasteiger partial charge in [-0.2, -0.15) is 0 Å². The molecular weight excluding hydrogens is 246 g/mol. The molecule has 0 unspecified atom stereocenters. The van der Waals surface area contributed by atoms with Gasteiger partial charge in [0.15, 0.2) is 11.5 Å². The molecular formula is C14H21NO4. The van der Waals surface area contributed by atoms with E-state index in [2.05, 4.69) is 4.74 Å². The summed E-state index contributed by atoms with van der Waals surface area (Å²) in [7, 11) is 4.57. The molecule has 1 aromatic rings. The number of hydrogen-bond donors (Lipinski definition) is 1. The number of esters is 1. The SMILES string of the molecule is COC(=O)CC[C@H](CN)c1ccc(OC)c(OC)c1. The van der Waals surface area contributed by atoms with Crippen LogP contribution in [0.4, 0.5) is 0 Å². The second-order valence-electron chi connectivity index (χ2n) is 4.16. The minimum absolute atomic E-state index is 0.0962. The first-order chi connectivity index (χ1) is 9.15. The van der Waals surface area contributed by atoms with Crippen LogP contribution in [0.2, 0.25) is 0 Å². The van der Waals surface area contributed by atoms with Crippen LogP contribution in [-0.2, 0) is 9.53 Å². The summed E-state index contributed by atoms with van der Waals surface area (Å²) in [5.41, 5.74) is 6.80. The summed E-state index contributed by atoms with van der Waals surface area (Å²) in [6, 6.07) is 5.68. The molecule has 1 aromatic carbocycles. The van der Waals surface area contributed by atoms with E-state index in [1.165, 1.54) is 7.11 Å². The monoisotopic (exact) mass is 267 g/mol. The van der Waals surface area contributed by atoms with Gasteiger partial charge in [-0.25, -0.2) is 0 Å². The molecule has 0 aromatic heterocycles. The normalized spacial score (nSPS) is 11.8. The molecule has 0 amide bonds. The zero-order valence-corrected chi connectivity index (χ0v) is 11.6. The van der Waals surface area contributed by atoms with Crippen molar-refractivity contribution in [3.05, 3.63) is 23.8 Å². The Bertz CT molecular complexity index is 420. The Hall–Kier alpha value is -1.75. The number of hydrogen-bond acceptors (Lipinski definition) is 5. The number of benzene rings is 1. The summed E-state index contributed by atoms with van der Waals surface area (Å²) < 4.78 is 15.1. The summed E-state index contributed by atoms with van der Waals surface area (Å²) in [6.07, 6.45) is 1.01. The number of nitrogens with two attached hydrogens (primary N) is 1. The predicted molar refractivity (Wildman–Crippen MR) is 72.6 cm³/mol. The van der Waals surface area contributed by atoms with Gasteiger partial charge in [0.05, 0.1) is 21.3 Å². The lowest BCUT2D eigenvalue weighted by Gasteiger charge is -2.16. The fraction of sp³-hybridized carbons (Fsp3) is 0.500. The van der Waals surface area contributed by atoms with E-state index in [1.54, 1.807) is 14.2 Å². The van der Waals surface area contributed by atoms with Crippen molar-refractivity contribution in [2.75, 3.05) is 27.9 Å². The van der Waals surface area contributed by atoms with Crippen LogP contribution in [0, 0.1) is 0 Å². The number of methoxy groups -OCH3 is 3. The van der Waals surface area contributed by atoms with Gasteiger partial charge >= 0.3 is 5.97 Å². The third-order valence-electron chi connectivity index (χ3n) is 3.09. The van der Waals surface area contributed by atoms with Crippen LogP contribution in [0.3, 0.4) is 0 Å². The molecule has 1 atom stereocenters. The molecule has 0 aliphatic carbocycles. The number of rotatable bonds is 7. The summed E-state index contributed by atoms with van der Waals surface area (Å²) in [5, 5.41) is 0. The van der Waals surface area contributed by atoms with Crippen LogP contribution in [0.1, 0.15) is 24.3 Å². The number of carbonyl (C=O) groups excluding carboxylic acids is 1. The van der Waals surface area contributed by atoms with Crippen molar-refractivity contribution < 1.29 is 19.0 Å². The van der Waals surface area contributed by atoms with Gasteiger partial charge in [0, 0.05) is 6.42 Å². The highest BCUT2D eigenvalue weighted by Crippen LogP contribution is 2.31. The van der Waals surface area contributed by atoms with Crippen LogP contribution in [-0.4, -0.2) is 33.8 Å². The van der Waals surface area contributed by atoms with Gasteiger partial charge in [-0.05, 0) is 36.6 Å². The number of carbonyl (C=O) groups is 1. The van der Waals surface area contributed by atoms with Crippen LogP contribution in [0.5, 0.6) is 11.5 Å². The maximum atomic E-state index is 11.2. The highest BCUT2D eigenvalue weighted by Gasteiger charge is 2.15. The van der Waals surface area contributed by atoms with E-state index in [4.69, 9.17) is 15.2 Å². The fourth-order valence-electron chi connectivity index (χ4n) is 1.92. The second kappa shape index (κ2) is 7.63. The summed E-state index contributed by atoms with van der Waals surface area (Å²) in [4.78, 5) is 11.2. The maximum absolute atomic E-state index is 11.2. The average Bonchev–Trinajstić information content (AvgIpc) is 2.47. The molecule has 0 heterocycles. The third kappa shape index (κ3) is 4.13. The van der Waals surface area contributed by atoms with Crippen molar-refractivity contribution in [1.82, 2.24) is 0 Å². The molecule has 0 fully saturated rings. The fourth-order valence-corrected chi connectivity index (χ4v) is 1.92. The van der Waals surface area contributed by atoms with E-state index in [1.807, 2.05) is 18.2 Å². The third-order valence-corrected chi connectivity index (χ3v) is 3.09. The topological polar surface area (TPSA) is 70.8 Å². The molecule has 0 saturated heterocycles. The average molecular weight is 267 g/mol. The largest absolute Gasteiger partial charge is 0.493 e. The van der Waals surface area contributed by atoms with Gasteiger partial charge in [0.1, 0.15) is 0 Å². The standard InChI is InChI=1S/C14H21NO4/c1-17-12-6-4-10(8-13(12)18-2)11(9-15)5-7-14(16)19-3/h4,6,8,11H,5,7,9,15H2,1-3H3/t11-/m1/s1. The summed E-state index contributed by atoms with van der Waals surface area (Å²) in [6.45, 7) is 0.465. The molecule has 0 saturated carbocycles. The van der Waals surface area contributed by atoms with Crippen molar-refractivity contribution in [3.63, 3.8) is 0 Å². The summed E-state index contributed by atoms with van der Waals surface area (Å²) >= 11 is 0. The summed E-state index contributed by atoms with van der Waals surface area (Å²) in [5.74, 6) is 1.21. The van der Waals surface area contributed by atoms with E-state index < -0.39 is 0 Å². The molecule has 0 radical (unpaired) electrons. The van der Waals surface area contributed by atoms with Crippen molar-refractivity contribution in [3.8, 4) is 11.5 Å². The van der Waals surface area contributed by atoms with Crippen molar-refractivity contribution >= 4 is 5.97 Å². The molecule has 0 aliphatic rings. The molecule has 5 nitrogen and oxygen atoms in total. The Kier molecular flexibility index (Phi) is 6.15. The van der Waals surface area contributed by atoms with Gasteiger partial charge in [0.2, 0.25) is 0 Å². The first-order valence-corrected chi connectivity index (χ1v) is 6.15. The molecule has 1 rings (SSSR count).